The fourth-order valence-electron chi connectivity index (χ4n) is 0.860. The summed E-state index contributed by atoms with van der Waals surface area (Å²) in [5.41, 5.74) is 0.618. The molecule has 1 aromatic rings. The zero-order chi connectivity index (χ0) is 6.97. The molecule has 1 aliphatic carbocycles. The predicted octanol–water partition coefficient (Wildman–Crippen LogP) is 0.961. The molecule has 3 heteroatoms. The van der Waals surface area contributed by atoms with Crippen molar-refractivity contribution in [2.24, 2.45) is 0 Å². The Kier molecular flexibility index (Phi) is 1.09. The number of rotatable bonds is 2. The minimum Gasteiger partial charge on any atom is -0.342 e. The van der Waals surface area contributed by atoms with Crippen LogP contribution in [0.1, 0.15) is 23.3 Å². The third kappa shape index (κ3) is 0.835. The lowest BCUT2D eigenvalue weighted by Gasteiger charge is -1.88. The third-order valence-corrected chi connectivity index (χ3v) is 1.56. The van der Waals surface area contributed by atoms with Gasteiger partial charge in [-0.2, -0.15) is 0 Å². The molecule has 0 aromatic carbocycles. The molecule has 3 nitrogen and oxygen atoms in total. The van der Waals surface area contributed by atoms with Crippen molar-refractivity contribution in [3.8, 4) is 0 Å². The molecule has 1 radical (unpaired) electrons. The van der Waals surface area contributed by atoms with Gasteiger partial charge in [0, 0.05) is 5.92 Å². The van der Waals surface area contributed by atoms with Gasteiger partial charge in [-0.05, 0) is 12.8 Å². The molecular formula is C7H7N2O. The van der Waals surface area contributed by atoms with Crippen molar-refractivity contribution < 1.29 is 4.79 Å². The lowest BCUT2D eigenvalue weighted by atomic mass is 10.2. The van der Waals surface area contributed by atoms with Crippen LogP contribution < -0.4 is 0 Å². The zero-order valence-electron chi connectivity index (χ0n) is 5.42. The van der Waals surface area contributed by atoms with Gasteiger partial charge in [-0.1, -0.05) is 0 Å². The van der Waals surface area contributed by atoms with E-state index < -0.39 is 0 Å². The number of H-pyrrole nitrogens is 1. The van der Waals surface area contributed by atoms with Crippen molar-refractivity contribution in [3.05, 3.63) is 24.1 Å². The van der Waals surface area contributed by atoms with Gasteiger partial charge < -0.3 is 4.98 Å². The Morgan fingerprint density at radius 3 is 2.90 bits per heavy atom. The number of nitrogens with one attached hydrogen (secondary N) is 1. The van der Waals surface area contributed by atoms with E-state index in [0.29, 0.717) is 5.69 Å². The van der Waals surface area contributed by atoms with Crippen LogP contribution in [0.5, 0.6) is 0 Å². The second kappa shape index (κ2) is 1.94. The number of carbonyl (C=O) groups is 1. The zero-order valence-corrected chi connectivity index (χ0v) is 5.42. The molecule has 0 unspecified atom stereocenters. The number of aromatic nitrogens is 2. The Labute approximate surface area is 58.5 Å². The van der Waals surface area contributed by atoms with Gasteiger partial charge in [-0.3, -0.25) is 4.79 Å². The molecule has 1 fully saturated rings. The molecule has 0 bridgehead atoms. The normalized spacial score (nSPS) is 17.2. The van der Waals surface area contributed by atoms with E-state index in [1.54, 1.807) is 6.20 Å². The Balaban J connectivity index is 2.19. The summed E-state index contributed by atoms with van der Waals surface area (Å²) in [7, 11) is 0. The van der Waals surface area contributed by atoms with Crippen LogP contribution in [0.4, 0.5) is 0 Å². The average Bonchev–Trinajstić information content (AvgIpc) is 2.65. The maximum Gasteiger partial charge on any atom is 0.187 e. The molecule has 1 aromatic heterocycles. The van der Waals surface area contributed by atoms with Crippen LogP contribution in [0.2, 0.25) is 0 Å². The van der Waals surface area contributed by atoms with Crippen molar-refractivity contribution in [1.82, 2.24) is 9.97 Å². The van der Waals surface area contributed by atoms with E-state index in [0.717, 1.165) is 18.8 Å². The summed E-state index contributed by atoms with van der Waals surface area (Å²) in [5.74, 6) is 1.15. The number of hydrogen-bond acceptors (Lipinski definition) is 2. The van der Waals surface area contributed by atoms with Crippen LogP contribution in [0.25, 0.3) is 0 Å². The molecule has 1 saturated carbocycles. The van der Waals surface area contributed by atoms with Gasteiger partial charge in [0.25, 0.3) is 0 Å². The number of nitrogens with zero attached hydrogens (tertiary/aromatic N) is 1. The quantitative estimate of drug-likeness (QED) is 0.614. The van der Waals surface area contributed by atoms with Gasteiger partial charge in [0.15, 0.2) is 5.78 Å². The van der Waals surface area contributed by atoms with Crippen molar-refractivity contribution >= 4 is 5.78 Å². The molecule has 0 aliphatic heterocycles. The summed E-state index contributed by atoms with van der Waals surface area (Å²) in [5, 5.41) is 0. The molecule has 1 N–H and O–H groups in total. The Morgan fingerprint density at radius 2 is 2.40 bits per heavy atom. The summed E-state index contributed by atoms with van der Waals surface area (Å²) < 4.78 is 0. The van der Waals surface area contributed by atoms with Crippen molar-refractivity contribution in [2.45, 2.75) is 12.8 Å². The Morgan fingerprint density at radius 1 is 1.60 bits per heavy atom. The fourth-order valence-corrected chi connectivity index (χ4v) is 0.860. The van der Waals surface area contributed by atoms with Crippen LogP contribution in [-0.4, -0.2) is 15.8 Å². The minimum atomic E-state index is 0.137. The van der Waals surface area contributed by atoms with E-state index in [4.69, 9.17) is 0 Å². The van der Waals surface area contributed by atoms with E-state index in [9.17, 15) is 4.79 Å². The molecule has 0 spiro atoms. The minimum absolute atomic E-state index is 0.137. The van der Waals surface area contributed by atoms with Crippen LogP contribution in [0.3, 0.4) is 0 Å². The van der Waals surface area contributed by atoms with E-state index in [1.807, 2.05) is 0 Å². The van der Waals surface area contributed by atoms with Crippen LogP contribution in [0.15, 0.2) is 12.5 Å². The highest BCUT2D eigenvalue weighted by Gasteiger charge is 2.31. The number of aromatic amines is 1. The Hall–Kier alpha value is -1.12. The SMILES string of the molecule is O=C([C]1CC1)c1cnc[nH]1. The third-order valence-electron chi connectivity index (χ3n) is 1.56. The van der Waals surface area contributed by atoms with E-state index in [2.05, 4.69) is 9.97 Å². The van der Waals surface area contributed by atoms with Crippen molar-refractivity contribution in [3.63, 3.8) is 0 Å². The van der Waals surface area contributed by atoms with E-state index >= 15 is 0 Å². The molecule has 0 atom stereocenters. The van der Waals surface area contributed by atoms with Gasteiger partial charge in [-0.15, -0.1) is 0 Å². The first kappa shape index (κ1) is 5.65. The highest BCUT2D eigenvalue weighted by Crippen LogP contribution is 2.34. The van der Waals surface area contributed by atoms with Gasteiger partial charge in [0.1, 0.15) is 5.69 Å². The maximum absolute atomic E-state index is 11.2. The average molecular weight is 135 g/mol. The lowest BCUT2D eigenvalue weighted by Crippen LogP contribution is -1.98. The first-order valence-electron chi connectivity index (χ1n) is 3.25. The number of Topliss-reactive ketones (excluding diaryl/α,β-unsaturated/α-hetero) is 1. The number of imidazole rings is 1. The molecule has 51 valence electrons. The topological polar surface area (TPSA) is 45.8 Å². The first-order chi connectivity index (χ1) is 4.88. The van der Waals surface area contributed by atoms with Crippen LogP contribution in [0, 0.1) is 5.92 Å². The highest BCUT2D eigenvalue weighted by atomic mass is 16.1. The smallest absolute Gasteiger partial charge is 0.187 e. The number of hydrogen-bond donors (Lipinski definition) is 1. The second-order valence-corrected chi connectivity index (χ2v) is 2.40. The van der Waals surface area contributed by atoms with Crippen LogP contribution in [-0.2, 0) is 0 Å². The summed E-state index contributed by atoms with van der Waals surface area (Å²) >= 11 is 0. The van der Waals surface area contributed by atoms with E-state index in [-0.39, 0.29) is 5.78 Å². The number of carbonyl (C=O) groups excluding carboxylic acids is 1. The second-order valence-electron chi connectivity index (χ2n) is 2.40. The summed E-state index contributed by atoms with van der Waals surface area (Å²) in [6.07, 6.45) is 5.03. The van der Waals surface area contributed by atoms with Gasteiger partial charge >= 0.3 is 0 Å². The monoisotopic (exact) mass is 135 g/mol. The van der Waals surface area contributed by atoms with Crippen molar-refractivity contribution in [2.75, 3.05) is 0 Å². The molecule has 1 heterocycles. The molecular weight excluding hydrogens is 128 g/mol. The maximum atomic E-state index is 11.2. The van der Waals surface area contributed by atoms with Crippen molar-refractivity contribution in [1.29, 1.82) is 0 Å². The predicted molar refractivity (Wildman–Crippen MR) is 35.4 cm³/mol. The summed E-state index contributed by atoms with van der Waals surface area (Å²) in [6.45, 7) is 0. The van der Waals surface area contributed by atoms with Gasteiger partial charge in [-0.25, -0.2) is 4.98 Å². The molecule has 0 amide bonds. The van der Waals surface area contributed by atoms with E-state index in [1.165, 1.54) is 6.33 Å². The standard InChI is InChI=1S/C7H7N2O/c10-7(5-1-2-5)6-3-8-4-9-6/h3-4H,1-2H2,(H,8,9). The first-order valence-corrected chi connectivity index (χ1v) is 3.25. The van der Waals surface area contributed by atoms with Gasteiger partial charge in [0.2, 0.25) is 0 Å². The number of ketones is 1. The highest BCUT2D eigenvalue weighted by molar-refractivity contribution is 6.06. The largest absolute Gasteiger partial charge is 0.342 e. The molecule has 2 rings (SSSR count). The van der Waals surface area contributed by atoms with Gasteiger partial charge in [0.05, 0.1) is 12.5 Å². The molecule has 1 aliphatic rings. The Bertz CT molecular complexity index is 236. The lowest BCUT2D eigenvalue weighted by molar-refractivity contribution is 0.102. The van der Waals surface area contributed by atoms with Crippen LogP contribution >= 0.6 is 0 Å². The summed E-state index contributed by atoms with van der Waals surface area (Å²) in [6, 6.07) is 0. The summed E-state index contributed by atoms with van der Waals surface area (Å²) in [4.78, 5) is 17.7. The fraction of sp³-hybridized carbons (Fsp3) is 0.286. The molecule has 10 heavy (non-hydrogen) atoms. The molecule has 0 saturated heterocycles.